The quantitative estimate of drug-likeness (QED) is 0.785. The fraction of sp³-hybridized carbons (Fsp3) is 0.143. The van der Waals surface area contributed by atoms with Crippen LogP contribution in [0.2, 0.25) is 0 Å². The molecule has 0 aromatic heterocycles. The third-order valence-electron chi connectivity index (χ3n) is 1.27. The van der Waals surface area contributed by atoms with Gasteiger partial charge in [-0.3, -0.25) is 0 Å². The third-order valence-corrected chi connectivity index (χ3v) is 2.48. The second kappa shape index (κ2) is 3.54. The molecular weight excluding hydrogens is 279 g/mol. The number of rotatable bonds is 1. The number of hydrogen-bond donors (Lipinski definition) is 1. The summed E-state index contributed by atoms with van der Waals surface area (Å²) >= 11 is 6.18. The molecule has 1 rings (SSSR count). The van der Waals surface area contributed by atoms with Gasteiger partial charge in [-0.15, -0.1) is 0 Å². The van der Waals surface area contributed by atoms with Crippen molar-refractivity contribution in [3.8, 4) is 5.75 Å². The van der Waals surface area contributed by atoms with Crippen molar-refractivity contribution in [2.24, 2.45) is 0 Å². The molecule has 1 nitrogen and oxygen atoms in total. The Morgan fingerprint density at radius 2 is 2.09 bits per heavy atom. The molecule has 0 saturated carbocycles. The second-order valence-electron chi connectivity index (χ2n) is 2.03. The number of phenolic OH excluding ortho intramolecular Hbond substituents is 1. The molecule has 0 atom stereocenters. The van der Waals surface area contributed by atoms with Gasteiger partial charge in [-0.1, -0.05) is 15.9 Å². The van der Waals surface area contributed by atoms with E-state index in [1.165, 1.54) is 0 Å². The number of aromatic hydroxyl groups is 1. The number of hydrogen-bond acceptors (Lipinski definition) is 1. The molecule has 0 aliphatic rings. The third kappa shape index (κ3) is 1.93. The van der Waals surface area contributed by atoms with Gasteiger partial charge in [0, 0.05) is 17.0 Å². The van der Waals surface area contributed by atoms with Gasteiger partial charge in [0.25, 0.3) is 0 Å². The van der Waals surface area contributed by atoms with Crippen LogP contribution < -0.4 is 0 Å². The summed E-state index contributed by atoms with van der Waals surface area (Å²) in [6, 6.07) is 2.63. The van der Waals surface area contributed by atoms with Crippen molar-refractivity contribution < 1.29 is 9.50 Å². The molecule has 1 aromatic carbocycles. The maximum Gasteiger partial charge on any atom is 0.141 e. The Bertz CT molecular complexity index is 275. The summed E-state index contributed by atoms with van der Waals surface area (Å²) in [6.45, 7) is 0. The van der Waals surface area contributed by atoms with E-state index in [-0.39, 0.29) is 5.75 Å². The lowest BCUT2D eigenvalue weighted by atomic mass is 10.2. The highest BCUT2D eigenvalue weighted by atomic mass is 79.9. The minimum absolute atomic E-state index is 0.0254. The fourth-order valence-electron chi connectivity index (χ4n) is 0.685. The molecule has 0 saturated heterocycles. The highest BCUT2D eigenvalue weighted by Crippen LogP contribution is 2.26. The molecule has 60 valence electrons. The van der Waals surface area contributed by atoms with E-state index in [0.29, 0.717) is 15.4 Å². The molecule has 0 aliphatic carbocycles. The highest BCUT2D eigenvalue weighted by molar-refractivity contribution is 9.10. The van der Waals surface area contributed by atoms with E-state index in [9.17, 15) is 4.39 Å². The first kappa shape index (κ1) is 9.00. The zero-order chi connectivity index (χ0) is 8.43. The minimum atomic E-state index is -0.452. The largest absolute Gasteiger partial charge is 0.508 e. The fourth-order valence-corrected chi connectivity index (χ4v) is 1.52. The van der Waals surface area contributed by atoms with Crippen molar-refractivity contribution in [3.63, 3.8) is 0 Å². The van der Waals surface area contributed by atoms with E-state index in [2.05, 4.69) is 31.9 Å². The molecule has 4 heteroatoms. The molecule has 0 unspecified atom stereocenters. The van der Waals surface area contributed by atoms with Crippen LogP contribution in [0.5, 0.6) is 5.75 Å². The molecule has 0 fully saturated rings. The number of halogens is 3. The van der Waals surface area contributed by atoms with Gasteiger partial charge in [-0.2, -0.15) is 0 Å². The van der Waals surface area contributed by atoms with Crippen LogP contribution in [0.25, 0.3) is 0 Å². The minimum Gasteiger partial charge on any atom is -0.508 e. The van der Waals surface area contributed by atoms with E-state index in [4.69, 9.17) is 5.11 Å². The standard InChI is InChI=1S/C7H5Br2FO/c8-3-4-1-5(9)6(10)2-7(4)11/h1-2,11H,3H2. The molecule has 1 N–H and O–H groups in total. The van der Waals surface area contributed by atoms with Gasteiger partial charge in [-0.05, 0) is 22.0 Å². The van der Waals surface area contributed by atoms with Crippen LogP contribution >= 0.6 is 31.9 Å². The van der Waals surface area contributed by atoms with Crippen molar-refractivity contribution in [1.29, 1.82) is 0 Å². The summed E-state index contributed by atoms with van der Waals surface area (Å²) in [5, 5.41) is 9.64. The van der Waals surface area contributed by atoms with Gasteiger partial charge < -0.3 is 5.11 Å². The van der Waals surface area contributed by atoms with Crippen LogP contribution in [0.1, 0.15) is 5.56 Å². The number of phenols is 1. The van der Waals surface area contributed by atoms with Crippen molar-refractivity contribution in [2.75, 3.05) is 0 Å². The van der Waals surface area contributed by atoms with E-state index in [1.807, 2.05) is 0 Å². The zero-order valence-electron chi connectivity index (χ0n) is 5.44. The van der Waals surface area contributed by atoms with E-state index in [1.54, 1.807) is 6.07 Å². The second-order valence-corrected chi connectivity index (χ2v) is 3.44. The Balaban J connectivity index is 3.21. The molecule has 11 heavy (non-hydrogen) atoms. The molecule has 0 bridgehead atoms. The van der Waals surface area contributed by atoms with E-state index in [0.717, 1.165) is 6.07 Å². The molecule has 0 heterocycles. The average Bonchev–Trinajstić information content (AvgIpc) is 1.97. The van der Waals surface area contributed by atoms with Crippen LogP contribution in [0.3, 0.4) is 0 Å². The Morgan fingerprint density at radius 3 is 2.64 bits per heavy atom. The van der Waals surface area contributed by atoms with Crippen molar-refractivity contribution in [2.45, 2.75) is 5.33 Å². The van der Waals surface area contributed by atoms with Crippen LogP contribution in [0, 0.1) is 5.82 Å². The first-order valence-corrected chi connectivity index (χ1v) is 4.79. The smallest absolute Gasteiger partial charge is 0.141 e. The van der Waals surface area contributed by atoms with Crippen molar-refractivity contribution >= 4 is 31.9 Å². The predicted octanol–water partition coefficient (Wildman–Crippen LogP) is 3.19. The highest BCUT2D eigenvalue weighted by Gasteiger charge is 2.05. The number of alkyl halides is 1. The first-order valence-electron chi connectivity index (χ1n) is 2.88. The lowest BCUT2D eigenvalue weighted by Crippen LogP contribution is -1.83. The lowest BCUT2D eigenvalue weighted by Gasteiger charge is -2.01. The molecular formula is C7H5Br2FO. The Morgan fingerprint density at radius 1 is 1.45 bits per heavy atom. The summed E-state index contributed by atoms with van der Waals surface area (Å²) in [5.41, 5.74) is 0.665. The van der Waals surface area contributed by atoms with E-state index >= 15 is 0 Å². The normalized spacial score (nSPS) is 10.1. The Labute approximate surface area is 80.5 Å². The van der Waals surface area contributed by atoms with Crippen LogP contribution in [0.15, 0.2) is 16.6 Å². The predicted molar refractivity (Wildman–Crippen MR) is 48.4 cm³/mol. The van der Waals surface area contributed by atoms with E-state index < -0.39 is 5.82 Å². The maximum atomic E-state index is 12.7. The summed E-state index contributed by atoms with van der Waals surface area (Å²) in [5.74, 6) is -0.477. The summed E-state index contributed by atoms with van der Waals surface area (Å²) < 4.78 is 13.0. The van der Waals surface area contributed by atoms with Gasteiger partial charge >= 0.3 is 0 Å². The summed E-state index contributed by atoms with van der Waals surface area (Å²) in [6.07, 6.45) is 0. The Kier molecular flexibility index (Phi) is 2.90. The van der Waals surface area contributed by atoms with Crippen molar-refractivity contribution in [1.82, 2.24) is 0 Å². The molecule has 1 aromatic rings. The van der Waals surface area contributed by atoms with Gasteiger partial charge in [0.2, 0.25) is 0 Å². The lowest BCUT2D eigenvalue weighted by molar-refractivity contribution is 0.464. The van der Waals surface area contributed by atoms with Crippen LogP contribution in [-0.2, 0) is 5.33 Å². The van der Waals surface area contributed by atoms with Gasteiger partial charge in [0.15, 0.2) is 0 Å². The monoisotopic (exact) mass is 282 g/mol. The van der Waals surface area contributed by atoms with Crippen molar-refractivity contribution in [3.05, 3.63) is 28.0 Å². The first-order chi connectivity index (χ1) is 5.15. The van der Waals surface area contributed by atoms with Gasteiger partial charge in [0.1, 0.15) is 11.6 Å². The van der Waals surface area contributed by atoms with Crippen LogP contribution in [0.4, 0.5) is 4.39 Å². The summed E-state index contributed by atoms with van der Waals surface area (Å²) in [4.78, 5) is 0. The molecule has 0 spiro atoms. The SMILES string of the molecule is Oc1cc(F)c(Br)cc1CBr. The molecule has 0 radical (unpaired) electrons. The average molecular weight is 284 g/mol. The number of benzene rings is 1. The maximum absolute atomic E-state index is 12.7. The molecule has 0 amide bonds. The Hall–Kier alpha value is -0.0900. The molecule has 0 aliphatic heterocycles. The van der Waals surface area contributed by atoms with Gasteiger partial charge in [-0.25, -0.2) is 4.39 Å². The zero-order valence-corrected chi connectivity index (χ0v) is 8.61. The van der Waals surface area contributed by atoms with Crippen LogP contribution in [-0.4, -0.2) is 5.11 Å². The van der Waals surface area contributed by atoms with Gasteiger partial charge in [0.05, 0.1) is 4.47 Å². The topological polar surface area (TPSA) is 20.2 Å². The summed E-state index contributed by atoms with van der Waals surface area (Å²) in [7, 11) is 0.